The van der Waals surface area contributed by atoms with Crippen LogP contribution in [0.5, 0.6) is 0 Å². The number of aliphatic hydroxyl groups is 2. The van der Waals surface area contributed by atoms with Crippen LogP contribution in [0, 0.1) is 63.0 Å². The van der Waals surface area contributed by atoms with Gasteiger partial charge in [-0.25, -0.2) is 0 Å². The van der Waals surface area contributed by atoms with Crippen LogP contribution in [0.3, 0.4) is 0 Å². The van der Waals surface area contributed by atoms with E-state index in [0.717, 1.165) is 44.3 Å². The zero-order valence-corrected chi connectivity index (χ0v) is 20.1. The molecule has 9 atom stereocenters. The predicted octanol–water partition coefficient (Wildman–Crippen LogP) is 4.40. The number of ether oxygens (including phenoxy) is 1. The standard InChI is InChI=1S/C27H42NO3/c1-15-12-16(13-28)31-21-20(15)24(4)10-11-27-14-26(27)9-8-19(29)23(2,3)17(26)6-7-18(27)25(24,5)22(21)30/h15,17,19-20,22,29-30H,6-14,28H2,1-5H3/t15-,17+,19?,20+,22+,24-,25-,26-,27+/m1/s1. The second-order valence-electron chi connectivity index (χ2n) is 13.3. The van der Waals surface area contributed by atoms with E-state index in [-0.39, 0.29) is 27.8 Å². The van der Waals surface area contributed by atoms with Crippen molar-refractivity contribution < 1.29 is 14.9 Å². The fraction of sp³-hybridized carbons (Fsp3) is 0.889. The molecule has 0 aromatic heterocycles. The van der Waals surface area contributed by atoms with Gasteiger partial charge in [0.1, 0.15) is 12.2 Å². The molecule has 6 rings (SSSR count). The fourth-order valence-electron chi connectivity index (χ4n) is 10.6. The van der Waals surface area contributed by atoms with Crippen molar-refractivity contribution in [3.05, 3.63) is 18.1 Å². The Hall–Kier alpha value is -0.160. The van der Waals surface area contributed by atoms with Gasteiger partial charge in [-0.1, -0.05) is 34.6 Å². The zero-order valence-electron chi connectivity index (χ0n) is 20.1. The van der Waals surface area contributed by atoms with Gasteiger partial charge < -0.3 is 20.7 Å². The molecule has 6 aliphatic rings. The molecule has 1 heterocycles. The summed E-state index contributed by atoms with van der Waals surface area (Å²) in [6.07, 6.45) is 10.1. The summed E-state index contributed by atoms with van der Waals surface area (Å²) in [5.74, 6) is 3.04. The molecule has 0 aromatic carbocycles. The molecule has 6 fully saturated rings. The molecular formula is C27H42NO3. The molecule has 1 saturated heterocycles. The Morgan fingerprint density at radius 3 is 2.52 bits per heavy atom. The predicted molar refractivity (Wildman–Crippen MR) is 120 cm³/mol. The summed E-state index contributed by atoms with van der Waals surface area (Å²) in [5, 5.41) is 22.7. The van der Waals surface area contributed by atoms with E-state index in [0.29, 0.717) is 29.7 Å². The smallest absolute Gasteiger partial charge is 0.131 e. The van der Waals surface area contributed by atoms with E-state index in [2.05, 4.69) is 34.6 Å². The van der Waals surface area contributed by atoms with E-state index in [4.69, 9.17) is 10.5 Å². The molecule has 4 heteroatoms. The number of aliphatic hydroxyl groups excluding tert-OH is 2. The maximum atomic E-state index is 11.9. The third-order valence-electron chi connectivity index (χ3n) is 12.3. The van der Waals surface area contributed by atoms with Crippen molar-refractivity contribution in [2.24, 2.45) is 50.6 Å². The Morgan fingerprint density at radius 1 is 1.06 bits per heavy atom. The first-order chi connectivity index (χ1) is 14.5. The van der Waals surface area contributed by atoms with Crippen LogP contribution in [0.2, 0.25) is 0 Å². The van der Waals surface area contributed by atoms with Crippen molar-refractivity contribution in [1.29, 1.82) is 0 Å². The summed E-state index contributed by atoms with van der Waals surface area (Å²) in [5.41, 5.74) is 6.41. The van der Waals surface area contributed by atoms with Crippen molar-refractivity contribution in [3.8, 4) is 0 Å². The molecule has 31 heavy (non-hydrogen) atoms. The molecule has 1 aliphatic heterocycles. The van der Waals surface area contributed by atoms with E-state index in [1.54, 1.807) is 5.92 Å². The molecule has 0 bridgehead atoms. The van der Waals surface area contributed by atoms with Gasteiger partial charge in [-0.15, -0.1) is 0 Å². The lowest BCUT2D eigenvalue weighted by atomic mass is 9.41. The normalized spacial score (nSPS) is 58.6. The minimum atomic E-state index is -0.532. The van der Waals surface area contributed by atoms with Gasteiger partial charge in [0, 0.05) is 17.9 Å². The van der Waals surface area contributed by atoms with Crippen LogP contribution in [0.4, 0.5) is 0 Å². The van der Waals surface area contributed by atoms with Crippen molar-refractivity contribution >= 4 is 0 Å². The van der Waals surface area contributed by atoms with Crippen LogP contribution in [0.25, 0.3) is 0 Å². The topological polar surface area (TPSA) is 75.7 Å². The lowest BCUT2D eigenvalue weighted by Gasteiger charge is -2.63. The van der Waals surface area contributed by atoms with Crippen molar-refractivity contribution in [2.75, 3.05) is 6.54 Å². The molecule has 1 unspecified atom stereocenters. The van der Waals surface area contributed by atoms with Gasteiger partial charge in [-0.3, -0.25) is 0 Å². The number of hydrogen-bond acceptors (Lipinski definition) is 4. The second kappa shape index (κ2) is 6.09. The van der Waals surface area contributed by atoms with Crippen LogP contribution in [-0.2, 0) is 4.74 Å². The van der Waals surface area contributed by atoms with Crippen molar-refractivity contribution in [3.63, 3.8) is 0 Å². The minimum Gasteiger partial charge on any atom is -0.393 e. The number of hydrogen-bond donors (Lipinski definition) is 3. The maximum Gasteiger partial charge on any atom is 0.131 e. The van der Waals surface area contributed by atoms with E-state index >= 15 is 0 Å². The molecule has 2 spiro atoms. The Bertz CT molecular complexity index is 784. The highest BCUT2D eigenvalue weighted by molar-refractivity contribution is 5.44. The monoisotopic (exact) mass is 428 g/mol. The summed E-state index contributed by atoms with van der Waals surface area (Å²) in [6.45, 7) is 12.2. The highest BCUT2D eigenvalue weighted by Crippen LogP contribution is 2.90. The molecule has 0 amide bonds. The summed E-state index contributed by atoms with van der Waals surface area (Å²) in [4.78, 5) is 0. The molecule has 5 saturated carbocycles. The fourth-order valence-corrected chi connectivity index (χ4v) is 10.6. The average molecular weight is 429 g/mol. The Morgan fingerprint density at radius 2 is 1.81 bits per heavy atom. The second-order valence-corrected chi connectivity index (χ2v) is 13.3. The maximum absolute atomic E-state index is 11.9. The number of fused-ring (bicyclic) bond motifs is 4. The molecule has 0 aromatic rings. The third-order valence-corrected chi connectivity index (χ3v) is 12.3. The van der Waals surface area contributed by atoms with Gasteiger partial charge in [-0.05, 0) is 90.8 Å². The minimum absolute atomic E-state index is 0.00538. The van der Waals surface area contributed by atoms with Crippen molar-refractivity contribution in [2.45, 2.75) is 98.2 Å². The first kappa shape index (κ1) is 21.4. The van der Waals surface area contributed by atoms with Crippen molar-refractivity contribution in [1.82, 2.24) is 0 Å². The first-order valence-electron chi connectivity index (χ1n) is 12.8. The van der Waals surface area contributed by atoms with Crippen LogP contribution in [0.15, 0.2) is 0 Å². The van der Waals surface area contributed by atoms with Crippen LogP contribution in [0.1, 0.15) is 86.0 Å². The zero-order chi connectivity index (χ0) is 22.2. The first-order valence-corrected chi connectivity index (χ1v) is 12.8. The van der Waals surface area contributed by atoms with E-state index < -0.39 is 6.10 Å². The summed E-state index contributed by atoms with van der Waals surface area (Å²) in [6, 6.07) is 0. The Kier molecular flexibility index (Phi) is 4.20. The Labute approximate surface area is 188 Å². The number of nitrogens with two attached hydrogens (primary N) is 1. The molecule has 4 nitrogen and oxygen atoms in total. The van der Waals surface area contributed by atoms with Gasteiger partial charge in [-0.2, -0.15) is 0 Å². The molecule has 4 N–H and O–H groups in total. The lowest BCUT2D eigenvalue weighted by Crippen LogP contribution is -2.58. The van der Waals surface area contributed by atoms with Crippen LogP contribution < -0.4 is 5.73 Å². The van der Waals surface area contributed by atoms with Gasteiger partial charge in [0.2, 0.25) is 0 Å². The molecule has 173 valence electrons. The van der Waals surface area contributed by atoms with E-state index in [1.807, 2.05) is 0 Å². The summed E-state index contributed by atoms with van der Waals surface area (Å²) >= 11 is 0. The number of rotatable bonds is 1. The van der Waals surface area contributed by atoms with Crippen LogP contribution in [-0.4, -0.2) is 29.0 Å². The Balaban J connectivity index is 1.41. The summed E-state index contributed by atoms with van der Waals surface area (Å²) in [7, 11) is 0. The van der Waals surface area contributed by atoms with E-state index in [1.165, 1.54) is 19.3 Å². The molecular weight excluding hydrogens is 386 g/mol. The van der Waals surface area contributed by atoms with Gasteiger partial charge in [0.25, 0.3) is 0 Å². The summed E-state index contributed by atoms with van der Waals surface area (Å²) < 4.78 is 6.35. The van der Waals surface area contributed by atoms with Gasteiger partial charge in [0.15, 0.2) is 0 Å². The highest BCUT2D eigenvalue weighted by Gasteiger charge is 2.85. The van der Waals surface area contributed by atoms with Gasteiger partial charge in [0.05, 0.1) is 12.2 Å². The highest BCUT2D eigenvalue weighted by atomic mass is 16.5. The van der Waals surface area contributed by atoms with E-state index in [9.17, 15) is 10.2 Å². The SMILES string of the molecule is C[C@@H]1C[C](CN)O[C]2[C@H]1[C@@]1(C)CC[C@@]34C[C@@]35CCC(O)C(C)(C)[C@@H]5CC[C]4[C@]1(C)[C@H]2O. The third kappa shape index (κ3) is 2.14. The van der Waals surface area contributed by atoms with Crippen LogP contribution >= 0.6 is 0 Å². The average Bonchev–Trinajstić information content (AvgIpc) is 3.36. The largest absolute Gasteiger partial charge is 0.393 e. The molecule has 5 aliphatic carbocycles. The quantitative estimate of drug-likeness (QED) is 0.578. The molecule has 3 radical (unpaired) electrons. The van der Waals surface area contributed by atoms with Gasteiger partial charge >= 0.3 is 0 Å². The lowest BCUT2D eigenvalue weighted by molar-refractivity contribution is -0.125.